The molecular formula is C39H28Cl4F6N4O7. The second kappa shape index (κ2) is 16.8. The Bertz CT molecular complexity index is 2430. The minimum absolute atomic E-state index is 0.0110. The monoisotopic (exact) mass is 918 g/mol. The maximum absolute atomic E-state index is 14.1. The van der Waals surface area contributed by atoms with Crippen LogP contribution in [-0.2, 0) is 30.5 Å². The van der Waals surface area contributed by atoms with Crippen LogP contribution in [0, 0.1) is 13.8 Å². The van der Waals surface area contributed by atoms with Gasteiger partial charge in [-0.2, -0.15) is 26.3 Å². The first-order chi connectivity index (χ1) is 28.0. The zero-order chi connectivity index (χ0) is 43.9. The first-order valence-corrected chi connectivity index (χ1v) is 18.8. The van der Waals surface area contributed by atoms with E-state index in [1.165, 1.54) is 48.5 Å². The molecule has 11 nitrogen and oxygen atoms in total. The zero-order valence-corrected chi connectivity index (χ0v) is 33.7. The molecular weight excluding hydrogens is 892 g/mol. The number of nitrogens with one attached hydrogen (secondary N) is 2. The Kier molecular flexibility index (Phi) is 12.4. The Hall–Kier alpha value is -5.07. The second-order valence-corrected chi connectivity index (χ2v) is 15.5. The molecule has 4 aromatic rings. The lowest BCUT2D eigenvalue weighted by atomic mass is 9.86. The quantitative estimate of drug-likeness (QED) is 0.157. The number of aromatic carboxylic acids is 1. The summed E-state index contributed by atoms with van der Waals surface area (Å²) in [6, 6.07) is 15.0. The molecule has 3 atom stereocenters. The summed E-state index contributed by atoms with van der Waals surface area (Å²) in [5, 5.41) is 19.1. The number of benzene rings is 4. The number of hydrogen-bond donors (Lipinski definition) is 3. The van der Waals surface area contributed by atoms with Crippen LogP contribution in [0.3, 0.4) is 0 Å². The van der Waals surface area contributed by atoms with Crippen LogP contribution in [0.2, 0.25) is 20.1 Å². The van der Waals surface area contributed by atoms with E-state index < -0.39 is 60.2 Å². The number of rotatable bonds is 7. The van der Waals surface area contributed by atoms with Crippen molar-refractivity contribution in [3.8, 4) is 0 Å². The number of hydrogen-bond acceptors (Lipinski definition) is 8. The van der Waals surface area contributed by atoms with Gasteiger partial charge in [0.15, 0.2) is 0 Å². The van der Waals surface area contributed by atoms with Crippen LogP contribution < -0.4 is 10.8 Å². The molecule has 3 heterocycles. The molecule has 0 bridgehead atoms. The van der Waals surface area contributed by atoms with Crippen LogP contribution in [0.1, 0.15) is 66.9 Å². The molecule has 7 rings (SSSR count). The molecule has 3 N–H and O–H groups in total. The maximum atomic E-state index is 14.1. The van der Waals surface area contributed by atoms with Crippen LogP contribution in [0.4, 0.5) is 26.3 Å². The van der Waals surface area contributed by atoms with Gasteiger partial charge >= 0.3 is 18.3 Å². The standard InChI is InChI=1S/C21H16Cl2F3N3O4.C18H12Cl2F3NO3/c1-10-4-11(2-3-15(10)18(30)27-17-9-32-29-19(17)31)16-8-20(33-28-16,21(24,25)26)12-5-13(22)7-14(23)6-12;1-9-4-10(2-3-14(9)16(25)26)15-8-17(27-24-15,18(21,22)23)11-5-12(19)7-13(20)6-11/h2-7,17H,8-9H2,1H3,(H,27,30)(H,29,31);2-7H,8H2,1H3,(H,25,26)/t17-,20?;/m1./s1. The normalized spacial score (nSPS) is 21.2. The average Bonchev–Trinajstić information content (AvgIpc) is 3.91. The molecule has 1 saturated heterocycles. The van der Waals surface area contributed by atoms with Gasteiger partial charge in [0.25, 0.3) is 23.0 Å². The summed E-state index contributed by atoms with van der Waals surface area (Å²) in [5.74, 6) is -2.12. The largest absolute Gasteiger partial charge is 0.478 e. The fourth-order valence-corrected chi connectivity index (χ4v) is 7.61. The van der Waals surface area contributed by atoms with Gasteiger partial charge in [0.2, 0.25) is 0 Å². The first kappa shape index (κ1) is 44.5. The van der Waals surface area contributed by atoms with Crippen molar-refractivity contribution in [1.29, 1.82) is 0 Å². The average molecular weight is 920 g/mol. The highest BCUT2D eigenvalue weighted by molar-refractivity contribution is 6.35. The van der Waals surface area contributed by atoms with Crippen LogP contribution >= 0.6 is 46.4 Å². The number of aryl methyl sites for hydroxylation is 2. The highest BCUT2D eigenvalue weighted by atomic mass is 35.5. The number of nitrogens with zero attached hydrogens (tertiary/aromatic N) is 2. The van der Waals surface area contributed by atoms with Gasteiger partial charge in [0.1, 0.15) is 12.6 Å². The molecule has 3 aliphatic rings. The number of halogens is 10. The van der Waals surface area contributed by atoms with E-state index in [0.29, 0.717) is 22.3 Å². The van der Waals surface area contributed by atoms with Gasteiger partial charge in [0, 0.05) is 49.6 Å². The van der Waals surface area contributed by atoms with E-state index in [9.17, 15) is 40.7 Å². The Morgan fingerprint density at radius 2 is 1.13 bits per heavy atom. The summed E-state index contributed by atoms with van der Waals surface area (Å²) < 4.78 is 84.3. The van der Waals surface area contributed by atoms with Gasteiger partial charge in [-0.1, -0.05) is 68.8 Å². The maximum Gasteiger partial charge on any atom is 0.435 e. The Morgan fingerprint density at radius 3 is 1.48 bits per heavy atom. The Morgan fingerprint density at radius 1 is 0.717 bits per heavy atom. The van der Waals surface area contributed by atoms with Crippen molar-refractivity contribution in [2.45, 2.75) is 56.3 Å². The minimum Gasteiger partial charge on any atom is -0.478 e. The first-order valence-electron chi connectivity index (χ1n) is 17.3. The zero-order valence-electron chi connectivity index (χ0n) is 30.7. The van der Waals surface area contributed by atoms with Crippen LogP contribution in [0.5, 0.6) is 0 Å². The van der Waals surface area contributed by atoms with E-state index in [2.05, 4.69) is 21.1 Å². The van der Waals surface area contributed by atoms with Gasteiger partial charge in [-0.25, -0.2) is 10.3 Å². The third-order valence-electron chi connectivity index (χ3n) is 9.67. The van der Waals surface area contributed by atoms with Crippen molar-refractivity contribution in [3.63, 3.8) is 0 Å². The van der Waals surface area contributed by atoms with Gasteiger partial charge < -0.3 is 20.1 Å². The minimum atomic E-state index is -4.81. The molecule has 0 aromatic heterocycles. The highest BCUT2D eigenvalue weighted by Crippen LogP contribution is 2.51. The molecule has 3 aliphatic heterocycles. The number of oxime groups is 2. The number of carboxylic acids is 1. The molecule has 0 radical (unpaired) electrons. The fourth-order valence-electron chi connectivity index (χ4n) is 6.56. The number of alkyl halides is 6. The molecule has 2 unspecified atom stereocenters. The molecule has 0 saturated carbocycles. The summed E-state index contributed by atoms with van der Waals surface area (Å²) >= 11 is 23.6. The van der Waals surface area contributed by atoms with Gasteiger partial charge in [-0.15, -0.1) is 0 Å². The molecule has 316 valence electrons. The number of carbonyl (C=O) groups excluding carboxylic acids is 2. The predicted octanol–water partition coefficient (Wildman–Crippen LogP) is 9.63. The number of carboxylic acid groups (broad SMARTS) is 1. The summed E-state index contributed by atoms with van der Waals surface area (Å²) in [6.45, 7) is 3.16. The van der Waals surface area contributed by atoms with Crippen molar-refractivity contribution in [3.05, 3.63) is 137 Å². The summed E-state index contributed by atoms with van der Waals surface area (Å²) in [5.41, 5.74) is -1.90. The van der Waals surface area contributed by atoms with Crippen molar-refractivity contribution in [2.75, 3.05) is 6.61 Å². The fraction of sp³-hybridized carbons (Fsp3) is 0.256. The number of hydroxylamine groups is 1. The van der Waals surface area contributed by atoms with E-state index in [1.807, 2.05) is 0 Å². The van der Waals surface area contributed by atoms with Gasteiger partial charge in [-0.3, -0.25) is 14.4 Å². The molecule has 0 spiro atoms. The van der Waals surface area contributed by atoms with Crippen molar-refractivity contribution >= 4 is 75.6 Å². The Balaban J connectivity index is 0.000000205. The van der Waals surface area contributed by atoms with E-state index in [1.54, 1.807) is 13.8 Å². The smallest absolute Gasteiger partial charge is 0.435 e. The van der Waals surface area contributed by atoms with Crippen LogP contribution in [0.25, 0.3) is 0 Å². The SMILES string of the molecule is Cc1cc(C2=NOC(c3cc(Cl)cc(Cl)c3)(C(F)(F)F)C2)ccc1C(=O)N[C@@H]1CONC1=O.Cc1cc(C2=NOC(c3cc(Cl)cc(Cl)c3)(C(F)(F)F)C2)ccc1C(=O)O. The second-order valence-electron chi connectivity index (χ2n) is 13.7. The lowest BCUT2D eigenvalue weighted by Gasteiger charge is -2.29. The predicted molar refractivity (Wildman–Crippen MR) is 208 cm³/mol. The van der Waals surface area contributed by atoms with Crippen LogP contribution in [-0.4, -0.2) is 59.3 Å². The van der Waals surface area contributed by atoms with Crippen LogP contribution in [0.15, 0.2) is 83.1 Å². The topological polar surface area (TPSA) is 148 Å². The molecule has 2 amide bonds. The van der Waals surface area contributed by atoms with Gasteiger partial charge in [0.05, 0.1) is 17.0 Å². The third-order valence-corrected chi connectivity index (χ3v) is 10.5. The van der Waals surface area contributed by atoms with E-state index in [-0.39, 0.29) is 60.4 Å². The van der Waals surface area contributed by atoms with Gasteiger partial charge in [-0.05, 0) is 96.8 Å². The summed E-state index contributed by atoms with van der Waals surface area (Å²) in [6.07, 6.45) is -10.8. The van der Waals surface area contributed by atoms with E-state index in [0.717, 1.165) is 24.3 Å². The summed E-state index contributed by atoms with van der Waals surface area (Å²) in [4.78, 5) is 49.9. The van der Waals surface area contributed by atoms with E-state index >= 15 is 0 Å². The molecule has 60 heavy (non-hydrogen) atoms. The molecule has 0 aliphatic carbocycles. The molecule has 1 fully saturated rings. The summed E-state index contributed by atoms with van der Waals surface area (Å²) in [7, 11) is 0. The van der Waals surface area contributed by atoms with Crippen molar-refractivity contribution in [2.24, 2.45) is 10.3 Å². The molecule has 21 heteroatoms. The van der Waals surface area contributed by atoms with Crippen molar-refractivity contribution in [1.82, 2.24) is 10.8 Å². The third kappa shape index (κ3) is 8.86. The Labute approximate surface area is 356 Å². The number of amides is 2. The number of carbonyl (C=O) groups is 3. The lowest BCUT2D eigenvalue weighted by molar-refractivity contribution is -0.276. The molecule has 4 aromatic carbocycles. The van der Waals surface area contributed by atoms with E-state index in [4.69, 9.17) is 66.0 Å². The highest BCUT2D eigenvalue weighted by Gasteiger charge is 2.63. The van der Waals surface area contributed by atoms with Crippen molar-refractivity contribution < 1.29 is 60.3 Å². The lowest BCUT2D eigenvalue weighted by Crippen LogP contribution is -2.42.